The summed E-state index contributed by atoms with van der Waals surface area (Å²) in [5, 5.41) is 29.5. The second-order valence-corrected chi connectivity index (χ2v) is 4.86. The van der Waals surface area contributed by atoms with Crippen molar-refractivity contribution >= 4 is 11.2 Å². The maximum Gasteiger partial charge on any atom is 0.242 e. The molecule has 2 aromatic rings. The fourth-order valence-electron chi connectivity index (χ4n) is 2.53. The molecule has 3 N–H and O–H groups in total. The van der Waals surface area contributed by atoms with Crippen molar-refractivity contribution in [2.75, 3.05) is 6.61 Å². The molecule has 1 aliphatic heterocycles. The van der Waals surface area contributed by atoms with Gasteiger partial charge in [-0.3, -0.25) is 4.57 Å². The van der Waals surface area contributed by atoms with Crippen LogP contribution in [0.5, 0.6) is 5.88 Å². The number of ether oxygens (including phenoxy) is 1. The second-order valence-electron chi connectivity index (χ2n) is 4.86. The van der Waals surface area contributed by atoms with Gasteiger partial charge in [-0.2, -0.15) is 4.98 Å². The molecule has 3 heterocycles. The van der Waals surface area contributed by atoms with E-state index in [1.165, 1.54) is 10.9 Å². The Balaban J connectivity index is 2.13. The summed E-state index contributed by atoms with van der Waals surface area (Å²) >= 11 is 0. The molecule has 0 aliphatic carbocycles. The predicted octanol–water partition coefficient (Wildman–Crippen LogP) is -0.965. The molecule has 3 rings (SSSR count). The van der Waals surface area contributed by atoms with E-state index in [1.54, 1.807) is 0 Å². The van der Waals surface area contributed by atoms with E-state index < -0.39 is 30.5 Å². The highest BCUT2D eigenvalue weighted by Gasteiger charge is 2.54. The molecule has 112 valence electrons. The number of imidazole rings is 1. The number of aromatic hydroxyl groups is 1. The number of nitrogens with zero attached hydrogens (tertiary/aromatic N) is 4. The molecular formula is C14H12N4O4. The quantitative estimate of drug-likeness (QED) is 0.612. The van der Waals surface area contributed by atoms with Gasteiger partial charge < -0.3 is 20.1 Å². The molecule has 4 atom stereocenters. The summed E-state index contributed by atoms with van der Waals surface area (Å²) in [5.41, 5.74) is -1.16. The van der Waals surface area contributed by atoms with Crippen LogP contribution in [-0.4, -0.2) is 53.2 Å². The highest BCUT2D eigenvalue weighted by atomic mass is 16.6. The van der Waals surface area contributed by atoms with E-state index in [9.17, 15) is 15.3 Å². The molecule has 0 spiro atoms. The highest BCUT2D eigenvalue weighted by Crippen LogP contribution is 2.42. The van der Waals surface area contributed by atoms with Crippen molar-refractivity contribution in [1.29, 1.82) is 0 Å². The van der Waals surface area contributed by atoms with Crippen molar-refractivity contribution in [2.24, 2.45) is 5.92 Å². The van der Waals surface area contributed by atoms with E-state index in [2.05, 4.69) is 26.8 Å². The van der Waals surface area contributed by atoms with Crippen LogP contribution in [0.4, 0.5) is 0 Å². The summed E-state index contributed by atoms with van der Waals surface area (Å²) in [6, 6.07) is 0. The third kappa shape index (κ3) is 1.76. The maximum atomic E-state index is 10.3. The number of hydrogen-bond donors (Lipinski definition) is 3. The summed E-state index contributed by atoms with van der Waals surface area (Å²) in [4.78, 5) is 11.7. The van der Waals surface area contributed by atoms with Crippen LogP contribution in [0, 0.1) is 30.6 Å². The van der Waals surface area contributed by atoms with E-state index >= 15 is 0 Å². The summed E-state index contributed by atoms with van der Waals surface area (Å²) in [6.07, 6.45) is 11.2. The maximum absolute atomic E-state index is 10.3. The van der Waals surface area contributed by atoms with Crippen molar-refractivity contribution in [2.45, 2.75) is 17.9 Å². The van der Waals surface area contributed by atoms with Gasteiger partial charge in [-0.1, -0.05) is 11.8 Å². The minimum atomic E-state index is -1.60. The molecule has 0 unspecified atom stereocenters. The Morgan fingerprint density at radius 2 is 2.14 bits per heavy atom. The average Bonchev–Trinajstić information content (AvgIpc) is 3.07. The van der Waals surface area contributed by atoms with Crippen molar-refractivity contribution in [3.05, 3.63) is 12.7 Å². The Morgan fingerprint density at radius 3 is 2.77 bits per heavy atom. The molecule has 1 aliphatic rings. The molecular weight excluding hydrogens is 288 g/mol. The minimum absolute atomic E-state index is 0.165. The highest BCUT2D eigenvalue weighted by molar-refractivity contribution is 5.75. The van der Waals surface area contributed by atoms with Gasteiger partial charge in [0.15, 0.2) is 23.0 Å². The average molecular weight is 300 g/mol. The largest absolute Gasteiger partial charge is 0.492 e. The van der Waals surface area contributed by atoms with Gasteiger partial charge >= 0.3 is 0 Å². The first-order valence-electron chi connectivity index (χ1n) is 6.35. The van der Waals surface area contributed by atoms with Crippen LogP contribution >= 0.6 is 0 Å². The Morgan fingerprint density at radius 1 is 1.36 bits per heavy atom. The Hall–Kier alpha value is -2.65. The Labute approximate surface area is 125 Å². The lowest BCUT2D eigenvalue weighted by atomic mass is 9.91. The van der Waals surface area contributed by atoms with Gasteiger partial charge in [-0.15, -0.1) is 12.8 Å². The fourth-order valence-corrected chi connectivity index (χ4v) is 2.53. The van der Waals surface area contributed by atoms with E-state index in [0.717, 1.165) is 6.33 Å². The number of fused-ring (bicyclic) bond motifs is 1. The summed E-state index contributed by atoms with van der Waals surface area (Å²) in [5.74, 6) is 3.57. The lowest BCUT2D eigenvalue weighted by Crippen LogP contribution is -2.43. The first kappa shape index (κ1) is 14.3. The normalized spacial score (nSPS) is 31.0. The van der Waals surface area contributed by atoms with E-state index in [0.29, 0.717) is 0 Å². The first-order chi connectivity index (χ1) is 10.6. The van der Waals surface area contributed by atoms with Gasteiger partial charge in [0.1, 0.15) is 12.4 Å². The zero-order valence-electron chi connectivity index (χ0n) is 11.3. The van der Waals surface area contributed by atoms with Crippen molar-refractivity contribution in [3.63, 3.8) is 0 Å². The Kier molecular flexibility index (Phi) is 3.23. The molecule has 22 heavy (non-hydrogen) atoms. The number of rotatable bonds is 2. The third-order valence-electron chi connectivity index (χ3n) is 3.74. The van der Waals surface area contributed by atoms with E-state index in [4.69, 9.17) is 17.6 Å². The lowest BCUT2D eigenvalue weighted by Gasteiger charge is -2.23. The number of terminal acetylenes is 2. The molecule has 0 saturated carbocycles. The molecule has 8 heteroatoms. The van der Waals surface area contributed by atoms with Gasteiger partial charge in [-0.25, -0.2) is 9.97 Å². The van der Waals surface area contributed by atoms with Gasteiger partial charge in [-0.05, 0) is 0 Å². The number of aliphatic hydroxyl groups excluding tert-OH is 2. The lowest BCUT2D eigenvalue weighted by molar-refractivity contribution is -0.0894. The van der Waals surface area contributed by atoms with Gasteiger partial charge in [0.05, 0.1) is 18.9 Å². The van der Waals surface area contributed by atoms with Crippen LogP contribution in [0.25, 0.3) is 11.2 Å². The van der Waals surface area contributed by atoms with Gasteiger partial charge in [0, 0.05) is 0 Å². The molecule has 0 radical (unpaired) electrons. The van der Waals surface area contributed by atoms with Crippen LogP contribution in [0.2, 0.25) is 0 Å². The van der Waals surface area contributed by atoms with Crippen LogP contribution in [0.15, 0.2) is 12.7 Å². The van der Waals surface area contributed by atoms with Crippen LogP contribution < -0.4 is 0 Å². The van der Waals surface area contributed by atoms with Gasteiger partial charge in [0.2, 0.25) is 5.88 Å². The summed E-state index contributed by atoms with van der Waals surface area (Å²) in [7, 11) is 0. The molecule has 0 aromatic carbocycles. The summed E-state index contributed by atoms with van der Waals surface area (Å²) < 4.78 is 7.10. The molecule has 8 nitrogen and oxygen atoms in total. The standard InChI is InChI=1S/C14H12N4O4/c1-3-8-10(20)14(4-2,5-19)22-13(8)18-7-17-9-11(18)15-6-16-12(9)21/h1-2,6-8,10,13,19-20H,5H2,(H,15,16,21)/t8-,10-,13+,14+/m0/s1. The number of aromatic nitrogens is 4. The number of hydrogen-bond acceptors (Lipinski definition) is 7. The predicted molar refractivity (Wildman–Crippen MR) is 74.1 cm³/mol. The van der Waals surface area contributed by atoms with Crippen LogP contribution in [-0.2, 0) is 4.74 Å². The molecule has 1 fully saturated rings. The fraction of sp³-hybridized carbons (Fsp3) is 0.357. The van der Waals surface area contributed by atoms with Crippen molar-refractivity contribution < 1.29 is 20.1 Å². The summed E-state index contributed by atoms with van der Waals surface area (Å²) in [6.45, 7) is -0.591. The molecule has 2 aromatic heterocycles. The second kappa shape index (κ2) is 4.97. The molecule has 0 bridgehead atoms. The van der Waals surface area contributed by atoms with Crippen molar-refractivity contribution in [3.8, 4) is 30.6 Å². The molecule has 0 amide bonds. The van der Waals surface area contributed by atoms with E-state index in [-0.39, 0.29) is 17.0 Å². The van der Waals surface area contributed by atoms with Crippen LogP contribution in [0.3, 0.4) is 0 Å². The zero-order chi connectivity index (χ0) is 15.9. The first-order valence-corrected chi connectivity index (χ1v) is 6.35. The smallest absolute Gasteiger partial charge is 0.242 e. The SMILES string of the molecule is C#C[C@@H]1[C@H](n2cnc3c(O)ncnc32)O[C@](C#C)(CO)[C@H]1O. The Bertz CT molecular complexity index is 805. The van der Waals surface area contributed by atoms with Crippen molar-refractivity contribution in [1.82, 2.24) is 19.5 Å². The third-order valence-corrected chi connectivity index (χ3v) is 3.74. The topological polar surface area (TPSA) is 114 Å². The van der Waals surface area contributed by atoms with E-state index in [1.807, 2.05) is 0 Å². The minimum Gasteiger partial charge on any atom is -0.492 e. The van der Waals surface area contributed by atoms with Gasteiger partial charge in [0.25, 0.3) is 0 Å². The molecule has 1 saturated heterocycles. The number of aliphatic hydroxyl groups is 2. The zero-order valence-corrected chi connectivity index (χ0v) is 11.3. The monoisotopic (exact) mass is 300 g/mol. The van der Waals surface area contributed by atoms with Crippen LogP contribution in [0.1, 0.15) is 6.23 Å².